The van der Waals surface area contributed by atoms with Gasteiger partial charge in [-0.05, 0) is 111 Å². The highest BCUT2D eigenvalue weighted by Gasteiger charge is 2.60. The summed E-state index contributed by atoms with van der Waals surface area (Å²) < 4.78 is 0. The monoisotopic (exact) mass is 414 g/mol. The minimum Gasteiger partial charge on any atom is -0.300 e. The van der Waals surface area contributed by atoms with Crippen molar-refractivity contribution in [2.45, 2.75) is 130 Å². The summed E-state index contributed by atoms with van der Waals surface area (Å²) >= 11 is 0. The molecule has 0 N–H and O–H groups in total. The van der Waals surface area contributed by atoms with Crippen molar-refractivity contribution in [3.63, 3.8) is 0 Å². The molecule has 0 heterocycles. The molecule has 1 heteroatoms. The minimum absolute atomic E-state index is 0.530. The molecule has 4 aliphatic carbocycles. The Morgan fingerprint density at radius 3 is 2.47 bits per heavy atom. The first-order valence-electron chi connectivity index (χ1n) is 13.9. The zero-order chi connectivity index (χ0) is 21.4. The summed E-state index contributed by atoms with van der Waals surface area (Å²) in [6.45, 7) is 10.1. The van der Waals surface area contributed by atoms with Gasteiger partial charge in [0.1, 0.15) is 5.78 Å². The maximum absolute atomic E-state index is 12.4. The second kappa shape index (κ2) is 9.27. The molecule has 0 aromatic heterocycles. The average molecular weight is 415 g/mol. The second-order valence-corrected chi connectivity index (χ2v) is 12.6. The molecule has 1 unspecified atom stereocenters. The van der Waals surface area contributed by atoms with E-state index in [1.165, 1.54) is 77.0 Å². The van der Waals surface area contributed by atoms with Crippen molar-refractivity contribution in [1.82, 2.24) is 0 Å². The van der Waals surface area contributed by atoms with E-state index >= 15 is 0 Å². The van der Waals surface area contributed by atoms with Gasteiger partial charge in [0.2, 0.25) is 0 Å². The van der Waals surface area contributed by atoms with E-state index in [0.29, 0.717) is 16.6 Å². The molecule has 30 heavy (non-hydrogen) atoms. The van der Waals surface area contributed by atoms with Gasteiger partial charge in [-0.3, -0.25) is 4.79 Å². The lowest BCUT2D eigenvalue weighted by Gasteiger charge is -2.61. The Morgan fingerprint density at radius 1 is 0.867 bits per heavy atom. The third-order valence-electron chi connectivity index (χ3n) is 11.3. The lowest BCUT2D eigenvalue weighted by molar-refractivity contribution is -0.120. The quantitative estimate of drug-likeness (QED) is 0.363. The average Bonchev–Trinajstić information content (AvgIpc) is 3.09. The Balaban J connectivity index is 1.38. The molecule has 0 aromatic rings. The molecule has 8 atom stereocenters. The second-order valence-electron chi connectivity index (χ2n) is 12.6. The third-order valence-corrected chi connectivity index (χ3v) is 11.3. The number of ketones is 1. The normalized spacial score (nSPS) is 44.1. The number of carbonyl (C=O) groups is 1. The first-order valence-corrected chi connectivity index (χ1v) is 13.9. The smallest absolute Gasteiger partial charge is 0.132 e. The van der Waals surface area contributed by atoms with Crippen molar-refractivity contribution in [1.29, 1.82) is 0 Å². The Kier molecular flexibility index (Phi) is 7.06. The fraction of sp³-hybridized carbons (Fsp3) is 0.966. The largest absolute Gasteiger partial charge is 0.300 e. The van der Waals surface area contributed by atoms with E-state index in [0.717, 1.165) is 61.2 Å². The minimum atomic E-state index is 0.530. The molecule has 0 aliphatic heterocycles. The lowest BCUT2D eigenvalue weighted by Crippen LogP contribution is -2.53. The summed E-state index contributed by atoms with van der Waals surface area (Å²) in [6.07, 6.45) is 21.3. The van der Waals surface area contributed by atoms with Gasteiger partial charge in [-0.15, -0.1) is 0 Å². The number of fused-ring (bicyclic) bond motifs is 5. The summed E-state index contributed by atoms with van der Waals surface area (Å²) in [4.78, 5) is 12.4. The molecule has 0 spiro atoms. The zero-order valence-electron chi connectivity index (χ0n) is 20.7. The van der Waals surface area contributed by atoms with Gasteiger partial charge >= 0.3 is 0 Å². The summed E-state index contributed by atoms with van der Waals surface area (Å²) in [5.74, 6) is 6.16. The number of hydrogen-bond donors (Lipinski definition) is 0. The van der Waals surface area contributed by atoms with Crippen LogP contribution in [0.2, 0.25) is 0 Å². The van der Waals surface area contributed by atoms with Gasteiger partial charge in [0.25, 0.3) is 0 Å². The third kappa shape index (κ3) is 4.05. The number of hydrogen-bond acceptors (Lipinski definition) is 1. The fourth-order valence-corrected chi connectivity index (χ4v) is 9.56. The van der Waals surface area contributed by atoms with E-state index < -0.39 is 0 Å². The van der Waals surface area contributed by atoms with Crippen LogP contribution >= 0.6 is 0 Å². The van der Waals surface area contributed by atoms with E-state index in [9.17, 15) is 4.79 Å². The summed E-state index contributed by atoms with van der Waals surface area (Å²) in [6, 6.07) is 0. The Bertz CT molecular complexity index is 595. The summed E-state index contributed by atoms with van der Waals surface area (Å²) in [5.41, 5.74) is 1.22. The topological polar surface area (TPSA) is 17.1 Å². The van der Waals surface area contributed by atoms with Gasteiger partial charge in [0.15, 0.2) is 0 Å². The van der Waals surface area contributed by atoms with E-state index in [1.807, 2.05) is 0 Å². The highest BCUT2D eigenvalue weighted by molar-refractivity contribution is 5.78. The lowest BCUT2D eigenvalue weighted by atomic mass is 9.44. The number of Topliss-reactive ketones (excluding diaryl/α,β-unsaturated/α-hetero) is 1. The van der Waals surface area contributed by atoms with E-state index in [-0.39, 0.29) is 0 Å². The Morgan fingerprint density at radius 2 is 1.67 bits per heavy atom. The zero-order valence-corrected chi connectivity index (χ0v) is 20.7. The van der Waals surface area contributed by atoms with Gasteiger partial charge in [-0.1, -0.05) is 53.4 Å². The van der Waals surface area contributed by atoms with Gasteiger partial charge in [0, 0.05) is 12.8 Å². The van der Waals surface area contributed by atoms with Crippen LogP contribution < -0.4 is 0 Å². The molecule has 0 saturated heterocycles. The van der Waals surface area contributed by atoms with Crippen molar-refractivity contribution >= 4 is 5.78 Å². The van der Waals surface area contributed by atoms with Crippen LogP contribution in [-0.4, -0.2) is 5.78 Å². The van der Waals surface area contributed by atoms with Crippen LogP contribution in [0.25, 0.3) is 0 Å². The molecule has 172 valence electrons. The summed E-state index contributed by atoms with van der Waals surface area (Å²) in [7, 11) is 0. The van der Waals surface area contributed by atoms with E-state index in [4.69, 9.17) is 0 Å². The van der Waals surface area contributed by atoms with Crippen LogP contribution in [0, 0.1) is 46.3 Å². The highest BCUT2D eigenvalue weighted by Crippen LogP contribution is 2.68. The van der Waals surface area contributed by atoms with Crippen molar-refractivity contribution in [3.8, 4) is 0 Å². The predicted molar refractivity (Wildman–Crippen MR) is 127 cm³/mol. The van der Waals surface area contributed by atoms with E-state index in [2.05, 4.69) is 27.7 Å². The van der Waals surface area contributed by atoms with Crippen LogP contribution in [0.15, 0.2) is 0 Å². The standard InChI is InChI=1S/C29H50O/c1-5-6-7-11-23(30)14-12-21(2)25-16-17-26-24-15-13-22-10-8-9-19-28(22,3)27(24)18-20-29(25,26)4/h21-22,24-27H,5-20H2,1-4H3/t21-,22?,24+,25-,26+,27+,28+,29-/m1/s1. The first-order chi connectivity index (χ1) is 14.4. The molecule has 0 amide bonds. The SMILES string of the molecule is CCCCCC(=O)CC[C@@H](C)[C@H]1CC[C@H]2[C@@H]3CCC4CCCC[C@]4(C)[C@H]3CC[C@]12C. The predicted octanol–water partition coefficient (Wildman–Crippen LogP) is 8.60. The molecular weight excluding hydrogens is 364 g/mol. The number of unbranched alkanes of at least 4 members (excludes halogenated alkanes) is 2. The maximum atomic E-state index is 12.4. The van der Waals surface area contributed by atoms with Crippen LogP contribution in [0.3, 0.4) is 0 Å². The van der Waals surface area contributed by atoms with Gasteiger partial charge in [-0.2, -0.15) is 0 Å². The Hall–Kier alpha value is -0.330. The Labute approximate surface area is 187 Å². The highest BCUT2D eigenvalue weighted by atomic mass is 16.1. The van der Waals surface area contributed by atoms with Crippen LogP contribution in [0.4, 0.5) is 0 Å². The summed E-state index contributed by atoms with van der Waals surface area (Å²) in [5, 5.41) is 0. The molecule has 0 aromatic carbocycles. The molecule has 4 saturated carbocycles. The molecule has 1 nitrogen and oxygen atoms in total. The van der Waals surface area contributed by atoms with E-state index in [1.54, 1.807) is 0 Å². The molecular formula is C29H50O. The van der Waals surface area contributed by atoms with Crippen LogP contribution in [-0.2, 0) is 4.79 Å². The van der Waals surface area contributed by atoms with Crippen molar-refractivity contribution in [2.24, 2.45) is 46.3 Å². The van der Waals surface area contributed by atoms with Crippen molar-refractivity contribution in [2.75, 3.05) is 0 Å². The maximum Gasteiger partial charge on any atom is 0.132 e. The van der Waals surface area contributed by atoms with Gasteiger partial charge in [-0.25, -0.2) is 0 Å². The number of carbonyl (C=O) groups excluding carboxylic acids is 1. The van der Waals surface area contributed by atoms with Gasteiger partial charge in [0.05, 0.1) is 0 Å². The molecule has 0 radical (unpaired) electrons. The van der Waals surface area contributed by atoms with Crippen LogP contribution in [0.5, 0.6) is 0 Å². The number of rotatable bonds is 8. The van der Waals surface area contributed by atoms with Crippen molar-refractivity contribution < 1.29 is 4.79 Å². The van der Waals surface area contributed by atoms with Gasteiger partial charge < -0.3 is 0 Å². The van der Waals surface area contributed by atoms with Crippen molar-refractivity contribution in [3.05, 3.63) is 0 Å². The fourth-order valence-electron chi connectivity index (χ4n) is 9.56. The molecule has 4 fully saturated rings. The molecule has 4 aliphatic rings. The first kappa shape index (κ1) is 22.8. The molecule has 4 rings (SSSR count). The van der Waals surface area contributed by atoms with Crippen LogP contribution in [0.1, 0.15) is 130 Å². The molecule has 0 bridgehead atoms.